The Morgan fingerprint density at radius 2 is 2.27 bits per heavy atom. The number of methoxy groups -OCH3 is 1. The molecule has 1 aromatic rings. The van der Waals surface area contributed by atoms with Crippen LogP contribution < -0.4 is 10.1 Å². The summed E-state index contributed by atoms with van der Waals surface area (Å²) in [7, 11) is 1.61. The number of ether oxygens (including phenoxy) is 1. The Hall–Kier alpha value is -1.59. The normalized spacial score (nSPS) is 18.4. The Balaban J connectivity index is 2.00. The molecular formula is C17H26N2O3. The number of nitrogens with zero attached hydrogens (tertiary/aromatic N) is 1. The van der Waals surface area contributed by atoms with Gasteiger partial charge >= 0.3 is 0 Å². The Morgan fingerprint density at radius 1 is 1.45 bits per heavy atom. The molecule has 1 aliphatic rings. The first kappa shape index (κ1) is 16.8. The lowest BCUT2D eigenvalue weighted by Crippen LogP contribution is -2.40. The van der Waals surface area contributed by atoms with E-state index in [4.69, 9.17) is 9.84 Å². The molecule has 0 aliphatic carbocycles. The van der Waals surface area contributed by atoms with Crippen molar-refractivity contribution >= 4 is 11.6 Å². The van der Waals surface area contributed by atoms with Gasteiger partial charge in [0.15, 0.2) is 0 Å². The number of unbranched alkanes of at least 4 members (excludes halogenated alkanes) is 1. The van der Waals surface area contributed by atoms with E-state index in [0.29, 0.717) is 5.75 Å². The third kappa shape index (κ3) is 4.21. The van der Waals surface area contributed by atoms with Crippen LogP contribution in [0.3, 0.4) is 0 Å². The molecule has 1 aromatic carbocycles. The summed E-state index contributed by atoms with van der Waals surface area (Å²) in [6.45, 7) is 4.02. The maximum Gasteiger partial charge on any atom is 0.241 e. The van der Waals surface area contributed by atoms with Gasteiger partial charge in [0, 0.05) is 6.61 Å². The molecule has 5 nitrogen and oxygen atoms in total. The standard InChI is InChI=1S/C17H26N2O3/c1-13-7-8-16(22-2)14(12-13)18-17(21)15-6-5-10-19(15)9-3-4-11-20/h7-8,12,15,20H,3-6,9-11H2,1-2H3,(H,18,21). The van der Waals surface area contributed by atoms with Crippen LogP contribution in [0, 0.1) is 6.92 Å². The molecule has 0 radical (unpaired) electrons. The van der Waals surface area contributed by atoms with Crippen LogP contribution in [-0.2, 0) is 4.79 Å². The van der Waals surface area contributed by atoms with E-state index in [1.807, 2.05) is 25.1 Å². The Kier molecular flexibility index (Phi) is 6.21. The predicted molar refractivity (Wildman–Crippen MR) is 87.3 cm³/mol. The zero-order valence-corrected chi connectivity index (χ0v) is 13.5. The fourth-order valence-electron chi connectivity index (χ4n) is 2.95. The predicted octanol–water partition coefficient (Wildman–Crippen LogP) is 2.18. The summed E-state index contributed by atoms with van der Waals surface area (Å²) in [5.74, 6) is 0.717. The number of nitrogens with one attached hydrogen (secondary N) is 1. The van der Waals surface area contributed by atoms with Crippen molar-refractivity contribution in [2.75, 3.05) is 32.1 Å². The Morgan fingerprint density at radius 3 is 3.00 bits per heavy atom. The van der Waals surface area contributed by atoms with Crippen LogP contribution in [0.4, 0.5) is 5.69 Å². The monoisotopic (exact) mass is 306 g/mol. The van der Waals surface area contributed by atoms with E-state index in [9.17, 15) is 4.79 Å². The van der Waals surface area contributed by atoms with Gasteiger partial charge in [0.2, 0.25) is 5.91 Å². The highest BCUT2D eigenvalue weighted by Crippen LogP contribution is 2.27. The van der Waals surface area contributed by atoms with Crippen molar-refractivity contribution in [3.63, 3.8) is 0 Å². The second-order valence-corrected chi connectivity index (χ2v) is 5.82. The van der Waals surface area contributed by atoms with Crippen LogP contribution in [0.25, 0.3) is 0 Å². The van der Waals surface area contributed by atoms with Gasteiger partial charge in [-0.05, 0) is 63.4 Å². The molecule has 1 atom stereocenters. The van der Waals surface area contributed by atoms with E-state index in [2.05, 4.69) is 10.2 Å². The third-order valence-electron chi connectivity index (χ3n) is 4.13. The molecule has 0 spiro atoms. The molecule has 5 heteroatoms. The number of carbonyl (C=O) groups is 1. The summed E-state index contributed by atoms with van der Waals surface area (Å²) in [4.78, 5) is 14.8. The van der Waals surface area contributed by atoms with E-state index in [1.165, 1.54) is 0 Å². The van der Waals surface area contributed by atoms with E-state index < -0.39 is 0 Å². The number of hydrogen-bond donors (Lipinski definition) is 2. The summed E-state index contributed by atoms with van der Waals surface area (Å²) in [6, 6.07) is 5.69. The third-order valence-corrected chi connectivity index (χ3v) is 4.13. The van der Waals surface area contributed by atoms with Gasteiger partial charge in [-0.1, -0.05) is 6.07 Å². The number of anilines is 1. The average Bonchev–Trinajstić information content (AvgIpc) is 2.96. The zero-order chi connectivity index (χ0) is 15.9. The molecule has 1 fully saturated rings. The molecule has 0 bridgehead atoms. The molecule has 22 heavy (non-hydrogen) atoms. The number of benzene rings is 1. The van der Waals surface area contributed by atoms with Gasteiger partial charge in [-0.25, -0.2) is 0 Å². The fourth-order valence-corrected chi connectivity index (χ4v) is 2.95. The lowest BCUT2D eigenvalue weighted by Gasteiger charge is -2.24. The average molecular weight is 306 g/mol. The lowest BCUT2D eigenvalue weighted by molar-refractivity contribution is -0.120. The van der Waals surface area contributed by atoms with Crippen LogP contribution in [-0.4, -0.2) is 48.8 Å². The van der Waals surface area contributed by atoms with Gasteiger partial charge < -0.3 is 15.2 Å². The number of aliphatic hydroxyl groups excluding tert-OH is 1. The fraction of sp³-hybridized carbons (Fsp3) is 0.588. The molecule has 1 amide bonds. The molecule has 0 aromatic heterocycles. The highest BCUT2D eigenvalue weighted by atomic mass is 16.5. The highest BCUT2D eigenvalue weighted by Gasteiger charge is 2.30. The molecule has 2 rings (SSSR count). The molecule has 2 N–H and O–H groups in total. The van der Waals surface area contributed by atoms with Crippen LogP contribution in [0.5, 0.6) is 5.75 Å². The van der Waals surface area contributed by atoms with Crippen LogP contribution in [0.2, 0.25) is 0 Å². The van der Waals surface area contributed by atoms with Gasteiger partial charge in [0.05, 0.1) is 18.8 Å². The van der Waals surface area contributed by atoms with Crippen molar-refractivity contribution in [1.82, 2.24) is 4.90 Å². The number of rotatable bonds is 7. The van der Waals surface area contributed by atoms with Gasteiger partial charge in [0.1, 0.15) is 5.75 Å². The summed E-state index contributed by atoms with van der Waals surface area (Å²) in [6.07, 6.45) is 3.64. The molecular weight excluding hydrogens is 280 g/mol. The number of hydrogen-bond acceptors (Lipinski definition) is 4. The molecule has 1 saturated heterocycles. The van der Waals surface area contributed by atoms with Gasteiger partial charge in [0.25, 0.3) is 0 Å². The maximum atomic E-state index is 12.6. The smallest absolute Gasteiger partial charge is 0.241 e. The molecule has 1 heterocycles. The summed E-state index contributed by atoms with van der Waals surface area (Å²) in [5, 5.41) is 11.9. The second kappa shape index (κ2) is 8.15. The molecule has 1 unspecified atom stereocenters. The number of aryl methyl sites for hydroxylation is 1. The minimum Gasteiger partial charge on any atom is -0.495 e. The summed E-state index contributed by atoms with van der Waals surface area (Å²) < 4.78 is 5.31. The first-order valence-corrected chi connectivity index (χ1v) is 7.96. The van der Waals surface area contributed by atoms with Gasteiger partial charge in [-0.15, -0.1) is 0 Å². The van der Waals surface area contributed by atoms with E-state index in [0.717, 1.165) is 50.0 Å². The molecule has 1 aliphatic heterocycles. The Bertz CT molecular complexity index is 505. The topological polar surface area (TPSA) is 61.8 Å². The van der Waals surface area contributed by atoms with Crippen molar-refractivity contribution in [2.45, 2.75) is 38.6 Å². The van der Waals surface area contributed by atoms with E-state index in [1.54, 1.807) is 7.11 Å². The minimum atomic E-state index is -0.0797. The molecule has 0 saturated carbocycles. The van der Waals surface area contributed by atoms with Crippen molar-refractivity contribution in [2.24, 2.45) is 0 Å². The maximum absolute atomic E-state index is 12.6. The van der Waals surface area contributed by atoms with Crippen molar-refractivity contribution in [3.05, 3.63) is 23.8 Å². The molecule has 122 valence electrons. The van der Waals surface area contributed by atoms with Crippen LogP contribution in [0.1, 0.15) is 31.2 Å². The number of carbonyl (C=O) groups excluding carboxylic acids is 1. The van der Waals surface area contributed by atoms with Gasteiger partial charge in [-0.2, -0.15) is 0 Å². The summed E-state index contributed by atoms with van der Waals surface area (Å²) >= 11 is 0. The first-order valence-electron chi connectivity index (χ1n) is 7.96. The van der Waals surface area contributed by atoms with E-state index >= 15 is 0 Å². The van der Waals surface area contributed by atoms with E-state index in [-0.39, 0.29) is 18.6 Å². The number of likely N-dealkylation sites (tertiary alicyclic amines) is 1. The van der Waals surface area contributed by atoms with Crippen molar-refractivity contribution in [3.8, 4) is 5.75 Å². The quantitative estimate of drug-likeness (QED) is 0.758. The second-order valence-electron chi connectivity index (χ2n) is 5.82. The minimum absolute atomic E-state index is 0.0328. The van der Waals surface area contributed by atoms with Crippen molar-refractivity contribution < 1.29 is 14.6 Å². The van der Waals surface area contributed by atoms with Crippen LogP contribution in [0.15, 0.2) is 18.2 Å². The van der Waals surface area contributed by atoms with Gasteiger partial charge in [-0.3, -0.25) is 9.69 Å². The number of amides is 1. The number of aliphatic hydroxyl groups is 1. The lowest BCUT2D eigenvalue weighted by atomic mass is 10.1. The zero-order valence-electron chi connectivity index (χ0n) is 13.5. The first-order chi connectivity index (χ1) is 10.7. The van der Waals surface area contributed by atoms with Crippen LogP contribution >= 0.6 is 0 Å². The SMILES string of the molecule is COc1ccc(C)cc1NC(=O)C1CCCN1CCCCO. The Labute approximate surface area is 132 Å². The van der Waals surface area contributed by atoms with Crippen molar-refractivity contribution in [1.29, 1.82) is 0 Å². The highest BCUT2D eigenvalue weighted by molar-refractivity contribution is 5.96. The summed E-state index contributed by atoms with van der Waals surface area (Å²) in [5.41, 5.74) is 1.82. The largest absolute Gasteiger partial charge is 0.495 e.